The van der Waals surface area contributed by atoms with E-state index in [-0.39, 0.29) is 17.7 Å². The maximum Gasteiger partial charge on any atom is 0.223 e. The summed E-state index contributed by atoms with van der Waals surface area (Å²) in [4.78, 5) is 28.2. The second-order valence-corrected chi connectivity index (χ2v) is 6.66. The van der Waals surface area contributed by atoms with E-state index in [0.29, 0.717) is 12.5 Å². The van der Waals surface area contributed by atoms with E-state index >= 15 is 0 Å². The molecule has 6 nitrogen and oxygen atoms in total. The van der Waals surface area contributed by atoms with E-state index in [0.717, 1.165) is 58.7 Å². The smallest absolute Gasteiger partial charge is 0.223 e. The van der Waals surface area contributed by atoms with Crippen LogP contribution in [-0.4, -0.2) is 73.5 Å². The lowest BCUT2D eigenvalue weighted by Crippen LogP contribution is -2.48. The van der Waals surface area contributed by atoms with Crippen molar-refractivity contribution in [1.29, 1.82) is 0 Å². The van der Waals surface area contributed by atoms with Gasteiger partial charge in [0.1, 0.15) is 0 Å². The minimum atomic E-state index is 0.0506. The van der Waals surface area contributed by atoms with Gasteiger partial charge in [0.05, 0.1) is 0 Å². The zero-order valence-corrected chi connectivity index (χ0v) is 13.9. The zero-order chi connectivity index (χ0) is 15.9. The van der Waals surface area contributed by atoms with E-state index in [2.05, 4.69) is 15.5 Å². The van der Waals surface area contributed by atoms with Crippen molar-refractivity contribution in [2.75, 3.05) is 45.8 Å². The summed E-state index contributed by atoms with van der Waals surface area (Å²) in [5, 5.41) is 6.37. The minimum absolute atomic E-state index is 0.0506. The Morgan fingerprint density at radius 1 is 1.14 bits per heavy atom. The molecule has 0 saturated carbocycles. The third-order valence-electron chi connectivity index (χ3n) is 4.57. The van der Waals surface area contributed by atoms with Crippen LogP contribution in [0.2, 0.25) is 0 Å². The molecule has 0 aromatic heterocycles. The first-order chi connectivity index (χ1) is 10.6. The van der Waals surface area contributed by atoms with Crippen LogP contribution in [0.5, 0.6) is 0 Å². The summed E-state index contributed by atoms with van der Waals surface area (Å²) < 4.78 is 0. The first-order valence-corrected chi connectivity index (χ1v) is 8.57. The van der Waals surface area contributed by atoms with Crippen molar-refractivity contribution in [2.24, 2.45) is 5.92 Å². The monoisotopic (exact) mass is 310 g/mol. The molecule has 2 heterocycles. The van der Waals surface area contributed by atoms with E-state index in [1.165, 1.54) is 0 Å². The number of carbonyl (C=O) groups excluding carboxylic acids is 2. The van der Waals surface area contributed by atoms with Crippen LogP contribution in [0.4, 0.5) is 0 Å². The van der Waals surface area contributed by atoms with Gasteiger partial charge >= 0.3 is 0 Å². The maximum absolute atomic E-state index is 12.1. The highest BCUT2D eigenvalue weighted by molar-refractivity contribution is 5.78. The van der Waals surface area contributed by atoms with Gasteiger partial charge in [-0.3, -0.25) is 9.59 Å². The molecular formula is C16H30N4O2. The highest BCUT2D eigenvalue weighted by Crippen LogP contribution is 2.12. The van der Waals surface area contributed by atoms with Gasteiger partial charge in [-0.25, -0.2) is 0 Å². The summed E-state index contributed by atoms with van der Waals surface area (Å²) in [5.41, 5.74) is 0. The molecular weight excluding hydrogens is 280 g/mol. The van der Waals surface area contributed by atoms with Crippen LogP contribution in [0.15, 0.2) is 0 Å². The fourth-order valence-corrected chi connectivity index (χ4v) is 2.99. The first-order valence-electron chi connectivity index (χ1n) is 8.57. The second-order valence-electron chi connectivity index (χ2n) is 6.66. The molecule has 0 atom stereocenters. The van der Waals surface area contributed by atoms with Gasteiger partial charge in [-0.2, -0.15) is 0 Å². The quantitative estimate of drug-likeness (QED) is 0.753. The van der Waals surface area contributed by atoms with Gasteiger partial charge in [-0.1, -0.05) is 13.8 Å². The van der Waals surface area contributed by atoms with Crippen molar-refractivity contribution < 1.29 is 9.59 Å². The van der Waals surface area contributed by atoms with Crippen molar-refractivity contribution in [3.63, 3.8) is 0 Å². The van der Waals surface area contributed by atoms with E-state index in [1.807, 2.05) is 18.7 Å². The number of piperidine rings is 1. The first kappa shape index (κ1) is 17.2. The Kier molecular flexibility index (Phi) is 6.64. The molecule has 0 aromatic rings. The molecule has 0 radical (unpaired) electrons. The van der Waals surface area contributed by atoms with Crippen molar-refractivity contribution in [1.82, 2.24) is 20.4 Å². The van der Waals surface area contributed by atoms with Gasteiger partial charge < -0.3 is 20.4 Å². The number of piperazine rings is 1. The number of amides is 2. The lowest BCUT2D eigenvalue weighted by atomic mass is 10.0. The summed E-state index contributed by atoms with van der Waals surface area (Å²) in [6, 6.07) is 0.301. The summed E-state index contributed by atoms with van der Waals surface area (Å²) in [6.45, 7) is 10.1. The number of carbonyl (C=O) groups is 2. The molecule has 2 fully saturated rings. The van der Waals surface area contributed by atoms with Crippen LogP contribution in [0.3, 0.4) is 0 Å². The number of likely N-dealkylation sites (tertiary alicyclic amines) is 1. The summed E-state index contributed by atoms with van der Waals surface area (Å²) in [7, 11) is 0. The number of nitrogens with one attached hydrogen (secondary N) is 2. The average molecular weight is 310 g/mol. The van der Waals surface area contributed by atoms with Gasteiger partial charge in [0, 0.05) is 64.2 Å². The summed E-state index contributed by atoms with van der Waals surface area (Å²) in [6.07, 6.45) is 2.59. The van der Waals surface area contributed by atoms with Crippen LogP contribution in [0, 0.1) is 5.92 Å². The molecule has 0 spiro atoms. The van der Waals surface area contributed by atoms with Gasteiger partial charge in [0.2, 0.25) is 11.8 Å². The third-order valence-corrected chi connectivity index (χ3v) is 4.57. The molecule has 2 amide bonds. The topological polar surface area (TPSA) is 64.7 Å². The molecule has 0 unspecified atom stereocenters. The SMILES string of the molecule is CC(C)C(=O)NC1CCN(CCC(=O)N2CCNCC2)CC1. The van der Waals surface area contributed by atoms with Crippen molar-refractivity contribution in [3.05, 3.63) is 0 Å². The Morgan fingerprint density at radius 2 is 1.77 bits per heavy atom. The fraction of sp³-hybridized carbons (Fsp3) is 0.875. The Hall–Kier alpha value is -1.14. The normalized spacial score (nSPS) is 21.1. The molecule has 2 aliphatic heterocycles. The molecule has 0 aliphatic carbocycles. The standard InChI is InChI=1S/C16H30N4O2/c1-13(2)16(22)18-14-3-8-19(9-4-14)10-5-15(21)20-11-6-17-7-12-20/h13-14,17H,3-12H2,1-2H3,(H,18,22). The zero-order valence-electron chi connectivity index (χ0n) is 13.9. The van der Waals surface area contributed by atoms with Crippen molar-refractivity contribution in [2.45, 2.75) is 39.2 Å². The van der Waals surface area contributed by atoms with E-state index < -0.39 is 0 Å². The lowest BCUT2D eigenvalue weighted by molar-refractivity contribution is -0.132. The molecule has 2 rings (SSSR count). The maximum atomic E-state index is 12.1. The molecule has 126 valence electrons. The van der Waals surface area contributed by atoms with E-state index in [4.69, 9.17) is 0 Å². The van der Waals surface area contributed by atoms with Gasteiger partial charge in [0.15, 0.2) is 0 Å². The highest BCUT2D eigenvalue weighted by Gasteiger charge is 2.23. The van der Waals surface area contributed by atoms with Gasteiger partial charge in [-0.05, 0) is 12.8 Å². The molecule has 0 aromatic carbocycles. The van der Waals surface area contributed by atoms with E-state index in [9.17, 15) is 9.59 Å². The van der Waals surface area contributed by atoms with Crippen LogP contribution < -0.4 is 10.6 Å². The van der Waals surface area contributed by atoms with Crippen molar-refractivity contribution >= 4 is 11.8 Å². The van der Waals surface area contributed by atoms with Gasteiger partial charge in [0.25, 0.3) is 0 Å². The molecule has 2 aliphatic rings. The summed E-state index contributed by atoms with van der Waals surface area (Å²) >= 11 is 0. The fourth-order valence-electron chi connectivity index (χ4n) is 2.99. The number of hydrogen-bond acceptors (Lipinski definition) is 4. The van der Waals surface area contributed by atoms with Crippen LogP contribution in [-0.2, 0) is 9.59 Å². The Bertz CT molecular complexity index is 372. The van der Waals surface area contributed by atoms with Crippen molar-refractivity contribution in [3.8, 4) is 0 Å². The molecule has 22 heavy (non-hydrogen) atoms. The predicted octanol–water partition coefficient (Wildman–Crippen LogP) is 0.0449. The number of rotatable bonds is 5. The largest absolute Gasteiger partial charge is 0.353 e. The van der Waals surface area contributed by atoms with Crippen LogP contribution in [0.1, 0.15) is 33.1 Å². The second kappa shape index (κ2) is 8.48. The Balaban J connectivity index is 1.63. The lowest BCUT2D eigenvalue weighted by Gasteiger charge is -2.33. The molecule has 6 heteroatoms. The summed E-state index contributed by atoms with van der Waals surface area (Å²) in [5.74, 6) is 0.471. The van der Waals surface area contributed by atoms with E-state index in [1.54, 1.807) is 0 Å². The van der Waals surface area contributed by atoms with Gasteiger partial charge in [-0.15, -0.1) is 0 Å². The molecule has 0 bridgehead atoms. The predicted molar refractivity (Wildman–Crippen MR) is 86.5 cm³/mol. The molecule has 2 saturated heterocycles. The molecule has 2 N–H and O–H groups in total. The van der Waals surface area contributed by atoms with Crippen LogP contribution >= 0.6 is 0 Å². The average Bonchev–Trinajstić information content (AvgIpc) is 2.54. The minimum Gasteiger partial charge on any atom is -0.353 e. The third kappa shape index (κ3) is 5.25. The Labute approximate surface area is 133 Å². The number of hydrogen-bond donors (Lipinski definition) is 2. The number of nitrogens with zero attached hydrogens (tertiary/aromatic N) is 2. The highest BCUT2D eigenvalue weighted by atomic mass is 16.2. The van der Waals surface area contributed by atoms with Crippen LogP contribution in [0.25, 0.3) is 0 Å². The Morgan fingerprint density at radius 3 is 2.36 bits per heavy atom.